The standard InChI is InChI=1S/C18H16ClNO4S2/c19-15-6-5-12(16(21)13-9-20-24-17(13)11-3-4-11)14(10-26(22)23)18(15)25-7-1-2-8-25/h1-2,5-9,11,25-26H,3-4,10H2. The van der Waals surface area contributed by atoms with E-state index in [9.17, 15) is 13.2 Å². The van der Waals surface area contributed by atoms with Crippen LogP contribution < -0.4 is 0 Å². The lowest BCUT2D eigenvalue weighted by atomic mass is 9.98. The molecular weight excluding hydrogens is 394 g/mol. The molecule has 0 N–H and O–H groups in total. The largest absolute Gasteiger partial charge is 0.360 e. The van der Waals surface area contributed by atoms with E-state index in [1.165, 1.54) is 6.20 Å². The van der Waals surface area contributed by atoms with Gasteiger partial charge in [0.25, 0.3) is 0 Å². The maximum atomic E-state index is 13.2. The quantitative estimate of drug-likeness (QED) is 0.558. The molecule has 1 aromatic heterocycles. The topological polar surface area (TPSA) is 77.2 Å². The Hall–Kier alpha value is -1.83. The van der Waals surface area contributed by atoms with Gasteiger partial charge in [-0.15, -0.1) is 0 Å². The Labute approximate surface area is 160 Å². The van der Waals surface area contributed by atoms with Crippen LogP contribution in [0.15, 0.2) is 50.7 Å². The zero-order valence-electron chi connectivity index (χ0n) is 13.6. The van der Waals surface area contributed by atoms with Crippen molar-refractivity contribution in [2.75, 3.05) is 0 Å². The van der Waals surface area contributed by atoms with Crippen LogP contribution in [0.1, 0.15) is 46.0 Å². The maximum Gasteiger partial charge on any atom is 0.198 e. The predicted octanol–water partition coefficient (Wildman–Crippen LogP) is 3.95. The number of allylic oxidation sites excluding steroid dienone is 2. The first-order valence-electron chi connectivity index (χ1n) is 8.12. The molecule has 2 heterocycles. The van der Waals surface area contributed by atoms with Gasteiger partial charge in [0.2, 0.25) is 0 Å². The number of carbonyl (C=O) groups excluding carboxylic acids is 1. The predicted molar refractivity (Wildman–Crippen MR) is 103 cm³/mol. The molecular formula is C18H16ClNO4S2. The number of thiol groups is 2. The fourth-order valence-corrected chi connectivity index (χ4v) is 6.06. The first kappa shape index (κ1) is 17.6. The fourth-order valence-electron chi connectivity index (χ4n) is 3.08. The van der Waals surface area contributed by atoms with Crippen molar-refractivity contribution in [2.45, 2.75) is 29.4 Å². The minimum absolute atomic E-state index is 0.225. The monoisotopic (exact) mass is 409 g/mol. The lowest BCUT2D eigenvalue weighted by molar-refractivity contribution is 0.103. The van der Waals surface area contributed by atoms with Gasteiger partial charge in [-0.2, -0.15) is 10.9 Å². The Morgan fingerprint density at radius 1 is 1.23 bits per heavy atom. The van der Waals surface area contributed by atoms with Crippen LogP contribution in [0, 0.1) is 0 Å². The second-order valence-corrected chi connectivity index (χ2v) is 9.46. The molecule has 4 rings (SSSR count). The SMILES string of the molecule is O=C(c1cnoc1C1CC1)c1ccc(Cl)c([SH]2C=CC=C2)c1C[SH](=O)=O. The summed E-state index contributed by atoms with van der Waals surface area (Å²) in [5.41, 5.74) is 1.24. The van der Waals surface area contributed by atoms with Gasteiger partial charge in [-0.1, -0.05) is 28.9 Å². The highest BCUT2D eigenvalue weighted by Gasteiger charge is 2.33. The molecule has 0 bridgehead atoms. The second-order valence-electron chi connectivity index (χ2n) is 6.21. The molecule has 136 valence electrons. The van der Waals surface area contributed by atoms with Crippen LogP contribution in [0.5, 0.6) is 0 Å². The number of benzene rings is 1. The third-order valence-electron chi connectivity index (χ3n) is 4.42. The maximum absolute atomic E-state index is 13.2. The van der Waals surface area contributed by atoms with Crippen molar-refractivity contribution < 1.29 is 17.7 Å². The Morgan fingerprint density at radius 2 is 1.96 bits per heavy atom. The summed E-state index contributed by atoms with van der Waals surface area (Å²) in [6.45, 7) is 0. The van der Waals surface area contributed by atoms with Gasteiger partial charge in [0.05, 0.1) is 22.5 Å². The van der Waals surface area contributed by atoms with E-state index in [1.54, 1.807) is 12.1 Å². The first-order chi connectivity index (χ1) is 12.6. The molecule has 0 unspecified atom stereocenters. The lowest BCUT2D eigenvalue weighted by Gasteiger charge is -2.19. The molecule has 1 saturated carbocycles. The van der Waals surface area contributed by atoms with E-state index in [0.29, 0.717) is 27.5 Å². The number of carbonyl (C=O) groups is 1. The molecule has 26 heavy (non-hydrogen) atoms. The van der Waals surface area contributed by atoms with E-state index in [1.807, 2.05) is 23.0 Å². The van der Waals surface area contributed by atoms with Crippen molar-refractivity contribution in [3.8, 4) is 0 Å². The van der Waals surface area contributed by atoms with Crippen molar-refractivity contribution in [3.63, 3.8) is 0 Å². The number of hydrogen-bond acceptors (Lipinski definition) is 5. The average molecular weight is 410 g/mol. The van der Waals surface area contributed by atoms with Crippen LogP contribution >= 0.6 is 22.5 Å². The van der Waals surface area contributed by atoms with Crippen molar-refractivity contribution >= 4 is 39.0 Å². The summed E-state index contributed by atoms with van der Waals surface area (Å²) >= 11 is 6.40. The van der Waals surface area contributed by atoms with Gasteiger partial charge in [0.15, 0.2) is 11.5 Å². The van der Waals surface area contributed by atoms with Gasteiger partial charge < -0.3 is 4.52 Å². The molecule has 2 aromatic rings. The summed E-state index contributed by atoms with van der Waals surface area (Å²) in [6.07, 6.45) is 7.18. The van der Waals surface area contributed by atoms with Crippen molar-refractivity contribution in [1.29, 1.82) is 0 Å². The Kier molecular flexibility index (Phi) is 4.77. The molecule has 0 saturated heterocycles. The summed E-state index contributed by atoms with van der Waals surface area (Å²) in [5.74, 6) is 0.333. The first-order valence-corrected chi connectivity index (χ1v) is 11.3. The molecule has 1 aromatic carbocycles. The Bertz CT molecular complexity index is 998. The van der Waals surface area contributed by atoms with Crippen LogP contribution in [0.25, 0.3) is 0 Å². The van der Waals surface area contributed by atoms with Crippen LogP contribution in [0.4, 0.5) is 0 Å². The number of hydrogen-bond donors (Lipinski definition) is 2. The normalized spacial score (nSPS) is 17.4. The van der Waals surface area contributed by atoms with Gasteiger partial charge in [-0.25, -0.2) is 8.42 Å². The fraction of sp³-hybridized carbons (Fsp3) is 0.222. The van der Waals surface area contributed by atoms with Crippen LogP contribution in [-0.2, 0) is 16.5 Å². The molecule has 8 heteroatoms. The molecule has 1 aliphatic carbocycles. The highest BCUT2D eigenvalue weighted by Crippen LogP contribution is 2.49. The number of rotatable bonds is 6. The minimum atomic E-state index is -2.71. The molecule has 0 amide bonds. The average Bonchev–Trinajstić information content (AvgIpc) is 3.10. The highest BCUT2D eigenvalue weighted by atomic mass is 35.5. The van der Waals surface area contributed by atoms with E-state index in [-0.39, 0.29) is 17.5 Å². The summed E-state index contributed by atoms with van der Waals surface area (Å²) in [4.78, 5) is 13.9. The van der Waals surface area contributed by atoms with E-state index < -0.39 is 21.6 Å². The number of halogens is 1. The van der Waals surface area contributed by atoms with Gasteiger partial charge >= 0.3 is 0 Å². The molecule has 0 radical (unpaired) electrons. The zero-order chi connectivity index (χ0) is 18.3. The second kappa shape index (κ2) is 7.06. The van der Waals surface area contributed by atoms with E-state index >= 15 is 0 Å². The summed E-state index contributed by atoms with van der Waals surface area (Å²) < 4.78 is 28.3. The van der Waals surface area contributed by atoms with Crippen molar-refractivity contribution in [2.24, 2.45) is 0 Å². The zero-order valence-corrected chi connectivity index (χ0v) is 16.1. The highest BCUT2D eigenvalue weighted by molar-refractivity contribution is 8.22. The van der Waals surface area contributed by atoms with Crippen molar-refractivity contribution in [3.05, 3.63) is 68.8 Å². The number of aromatic nitrogens is 1. The third-order valence-corrected chi connectivity index (χ3v) is 7.45. The molecule has 5 nitrogen and oxygen atoms in total. The molecule has 2 aliphatic rings. The van der Waals surface area contributed by atoms with Crippen LogP contribution in [-0.4, -0.2) is 19.4 Å². The van der Waals surface area contributed by atoms with Gasteiger partial charge in [-0.3, -0.25) is 4.79 Å². The summed E-state index contributed by atoms with van der Waals surface area (Å²) in [5, 5.41) is 8.23. The molecule has 0 atom stereocenters. The van der Waals surface area contributed by atoms with E-state index in [2.05, 4.69) is 5.16 Å². The van der Waals surface area contributed by atoms with Gasteiger partial charge in [0.1, 0.15) is 10.7 Å². The van der Waals surface area contributed by atoms with Gasteiger partial charge in [-0.05, 0) is 41.4 Å². The molecule has 1 fully saturated rings. The number of nitrogens with zero attached hydrogens (tertiary/aromatic N) is 1. The van der Waals surface area contributed by atoms with Crippen LogP contribution in [0.3, 0.4) is 0 Å². The molecule has 1 aliphatic heterocycles. The lowest BCUT2D eigenvalue weighted by Crippen LogP contribution is -2.09. The number of ketones is 1. The summed E-state index contributed by atoms with van der Waals surface area (Å²) in [7, 11) is -3.58. The Morgan fingerprint density at radius 3 is 2.62 bits per heavy atom. The minimum Gasteiger partial charge on any atom is -0.360 e. The van der Waals surface area contributed by atoms with E-state index in [0.717, 1.165) is 17.7 Å². The van der Waals surface area contributed by atoms with Gasteiger partial charge in [0, 0.05) is 16.4 Å². The van der Waals surface area contributed by atoms with Crippen LogP contribution in [0.2, 0.25) is 5.02 Å². The molecule has 0 spiro atoms. The summed E-state index contributed by atoms with van der Waals surface area (Å²) in [6, 6.07) is 3.27. The van der Waals surface area contributed by atoms with E-state index in [4.69, 9.17) is 16.1 Å². The smallest absolute Gasteiger partial charge is 0.198 e. The Balaban J connectivity index is 1.86. The van der Waals surface area contributed by atoms with Crippen molar-refractivity contribution in [1.82, 2.24) is 5.16 Å². The third kappa shape index (κ3) is 3.26.